The van der Waals surface area contributed by atoms with Gasteiger partial charge in [-0.25, -0.2) is 0 Å². The van der Waals surface area contributed by atoms with Gasteiger partial charge in [-0.2, -0.15) is 0 Å². The van der Waals surface area contributed by atoms with Gasteiger partial charge in [0, 0.05) is 30.2 Å². The van der Waals surface area contributed by atoms with Crippen molar-refractivity contribution in [1.29, 1.82) is 0 Å². The number of rotatable bonds is 1. The van der Waals surface area contributed by atoms with E-state index >= 15 is 0 Å². The van der Waals surface area contributed by atoms with Crippen molar-refractivity contribution in [3.05, 3.63) is 41.1 Å². The molecule has 6 heteroatoms. The summed E-state index contributed by atoms with van der Waals surface area (Å²) in [4.78, 5) is 32.8. The van der Waals surface area contributed by atoms with Gasteiger partial charge in [-0.1, -0.05) is 6.07 Å². The zero-order chi connectivity index (χ0) is 18.5. The van der Waals surface area contributed by atoms with Crippen LogP contribution in [0.15, 0.2) is 24.3 Å². The zero-order valence-electron chi connectivity index (χ0n) is 15.4. The lowest BCUT2D eigenvalue weighted by Crippen LogP contribution is -2.54. The van der Waals surface area contributed by atoms with Crippen molar-refractivity contribution in [2.24, 2.45) is 0 Å². The molecule has 2 aromatic rings. The number of nitrogens with zero attached hydrogens (tertiary/aromatic N) is 3. The highest BCUT2D eigenvalue weighted by Crippen LogP contribution is 2.30. The minimum atomic E-state index is -0.430. The largest absolute Gasteiger partial charge is 0.361 e. The van der Waals surface area contributed by atoms with Gasteiger partial charge in [0.2, 0.25) is 5.91 Å². The molecule has 0 saturated carbocycles. The number of fused-ring (bicyclic) bond motifs is 1. The maximum atomic E-state index is 13.0. The summed E-state index contributed by atoms with van der Waals surface area (Å²) in [7, 11) is 1.79. The van der Waals surface area contributed by atoms with Gasteiger partial charge < -0.3 is 14.5 Å². The molecule has 6 nitrogen and oxygen atoms in total. The van der Waals surface area contributed by atoms with E-state index in [4.69, 9.17) is 4.74 Å². The molecule has 1 atom stereocenters. The highest BCUT2D eigenvalue weighted by molar-refractivity contribution is 5.98. The first kappa shape index (κ1) is 17.0. The van der Waals surface area contributed by atoms with E-state index in [1.165, 1.54) is 0 Å². The van der Waals surface area contributed by atoms with Crippen LogP contribution in [0.25, 0.3) is 10.9 Å². The summed E-state index contributed by atoms with van der Waals surface area (Å²) in [5, 5.41) is 1.07. The van der Waals surface area contributed by atoms with E-state index in [0.29, 0.717) is 25.2 Å². The van der Waals surface area contributed by atoms with Crippen molar-refractivity contribution in [2.75, 3.05) is 33.3 Å². The number of hydrogen-bond donors (Lipinski definition) is 0. The molecule has 2 aliphatic heterocycles. The molecule has 2 saturated heterocycles. The number of benzene rings is 1. The molecule has 3 heterocycles. The highest BCUT2D eigenvalue weighted by Gasteiger charge is 2.45. The van der Waals surface area contributed by atoms with Crippen molar-refractivity contribution in [2.45, 2.75) is 25.9 Å². The van der Waals surface area contributed by atoms with Crippen molar-refractivity contribution < 1.29 is 14.3 Å². The minimum absolute atomic E-state index is 0.00659. The monoisotopic (exact) mass is 353 g/mol. The van der Waals surface area contributed by atoms with Crippen LogP contribution in [-0.2, 0) is 9.53 Å². The predicted molar refractivity (Wildman–Crippen MR) is 98.1 cm³/mol. The lowest BCUT2D eigenvalue weighted by Gasteiger charge is -2.38. The highest BCUT2D eigenvalue weighted by atomic mass is 16.5. The molecule has 1 spiro atoms. The lowest BCUT2D eigenvalue weighted by atomic mass is 10.0. The molecule has 1 aromatic carbocycles. The Balaban J connectivity index is 1.57. The Morgan fingerprint density at radius 2 is 2.04 bits per heavy atom. The molecule has 136 valence electrons. The summed E-state index contributed by atoms with van der Waals surface area (Å²) < 4.78 is 5.83. The minimum Gasteiger partial charge on any atom is -0.361 e. The molecule has 0 bridgehead atoms. The van der Waals surface area contributed by atoms with E-state index in [1.54, 1.807) is 11.9 Å². The quantitative estimate of drug-likeness (QED) is 0.786. The van der Waals surface area contributed by atoms with Crippen LogP contribution in [0.3, 0.4) is 0 Å². The molecule has 26 heavy (non-hydrogen) atoms. The van der Waals surface area contributed by atoms with E-state index in [1.807, 2.05) is 36.1 Å². The van der Waals surface area contributed by atoms with Gasteiger partial charge in [0.25, 0.3) is 5.91 Å². The van der Waals surface area contributed by atoms with E-state index < -0.39 is 5.60 Å². The van der Waals surface area contributed by atoms with E-state index in [-0.39, 0.29) is 18.4 Å². The van der Waals surface area contributed by atoms with Gasteiger partial charge in [-0.05, 0) is 44.0 Å². The average molecular weight is 353 g/mol. The third kappa shape index (κ3) is 2.84. The van der Waals surface area contributed by atoms with Crippen LogP contribution in [0, 0.1) is 13.8 Å². The summed E-state index contributed by atoms with van der Waals surface area (Å²) in [6.45, 7) is 5.80. The second-order valence-electron chi connectivity index (χ2n) is 7.51. The standard InChI is InChI=1S/C20H23N3O3/c1-13-8-14(2)21-17-9-15(4-5-16(13)17)19(25)23-7-6-20(12-23)11-22(3)18(24)10-26-20/h4-5,8-9H,6-7,10-12H2,1-3H3/t20-/m0/s1. The number of hydrogen-bond acceptors (Lipinski definition) is 4. The van der Waals surface area contributed by atoms with Crippen LogP contribution in [-0.4, -0.2) is 65.5 Å². The van der Waals surface area contributed by atoms with Crippen LogP contribution in [0.4, 0.5) is 0 Å². The Morgan fingerprint density at radius 1 is 1.23 bits per heavy atom. The molecule has 0 radical (unpaired) electrons. The van der Waals surface area contributed by atoms with Gasteiger partial charge in [0.15, 0.2) is 0 Å². The van der Waals surface area contributed by atoms with Gasteiger partial charge >= 0.3 is 0 Å². The van der Waals surface area contributed by atoms with Crippen molar-refractivity contribution in [3.8, 4) is 0 Å². The molecule has 4 rings (SSSR count). The van der Waals surface area contributed by atoms with Gasteiger partial charge in [-0.15, -0.1) is 0 Å². The van der Waals surface area contributed by atoms with Gasteiger partial charge in [-0.3, -0.25) is 14.6 Å². The molecule has 2 amide bonds. The van der Waals surface area contributed by atoms with Crippen molar-refractivity contribution in [1.82, 2.24) is 14.8 Å². The molecular weight excluding hydrogens is 330 g/mol. The number of carbonyl (C=O) groups is 2. The third-order valence-corrected chi connectivity index (χ3v) is 5.45. The van der Waals surface area contributed by atoms with Crippen LogP contribution in [0.1, 0.15) is 28.0 Å². The number of carbonyl (C=O) groups excluding carboxylic acids is 2. The van der Waals surface area contributed by atoms with Gasteiger partial charge in [0.05, 0.1) is 18.6 Å². The number of likely N-dealkylation sites (N-methyl/N-ethyl adjacent to an activating group) is 1. The van der Waals surface area contributed by atoms with E-state index in [9.17, 15) is 9.59 Å². The first-order chi connectivity index (χ1) is 12.4. The smallest absolute Gasteiger partial charge is 0.254 e. The topological polar surface area (TPSA) is 62.7 Å². The van der Waals surface area contributed by atoms with E-state index in [2.05, 4.69) is 11.9 Å². The average Bonchev–Trinajstić information content (AvgIpc) is 3.01. The second kappa shape index (κ2) is 6.06. The number of aromatic nitrogens is 1. The number of aryl methyl sites for hydroxylation is 2. The maximum Gasteiger partial charge on any atom is 0.254 e. The number of morpholine rings is 1. The SMILES string of the molecule is Cc1cc(C)c2ccc(C(=O)N3CC[C@]4(CN(C)C(=O)CO4)C3)cc2n1. The van der Waals surface area contributed by atoms with Crippen molar-refractivity contribution in [3.63, 3.8) is 0 Å². The fraction of sp³-hybridized carbons (Fsp3) is 0.450. The number of pyridine rings is 1. The fourth-order valence-corrected chi connectivity index (χ4v) is 4.04. The number of likely N-dealkylation sites (tertiary alicyclic amines) is 1. The second-order valence-corrected chi connectivity index (χ2v) is 7.51. The third-order valence-electron chi connectivity index (χ3n) is 5.45. The lowest BCUT2D eigenvalue weighted by molar-refractivity contribution is -0.158. The summed E-state index contributed by atoms with van der Waals surface area (Å²) in [6.07, 6.45) is 0.750. The predicted octanol–water partition coefficient (Wildman–Crippen LogP) is 1.92. The van der Waals surface area contributed by atoms with Crippen LogP contribution in [0.2, 0.25) is 0 Å². The molecule has 0 aliphatic carbocycles. The molecule has 0 unspecified atom stereocenters. The molecule has 1 aromatic heterocycles. The van der Waals surface area contributed by atoms with Crippen molar-refractivity contribution >= 4 is 22.7 Å². The molecule has 2 aliphatic rings. The first-order valence-corrected chi connectivity index (χ1v) is 8.92. The Hall–Kier alpha value is -2.47. The summed E-state index contributed by atoms with van der Waals surface area (Å²) >= 11 is 0. The summed E-state index contributed by atoms with van der Waals surface area (Å²) in [5.41, 5.74) is 3.17. The Morgan fingerprint density at radius 3 is 2.81 bits per heavy atom. The normalized spacial score (nSPS) is 23.3. The zero-order valence-corrected chi connectivity index (χ0v) is 15.4. The Labute approximate surface area is 152 Å². The van der Waals surface area contributed by atoms with Gasteiger partial charge in [0.1, 0.15) is 12.2 Å². The molecule has 2 fully saturated rings. The van der Waals surface area contributed by atoms with Crippen LogP contribution in [0.5, 0.6) is 0 Å². The maximum absolute atomic E-state index is 13.0. The number of ether oxygens (including phenoxy) is 1. The summed E-state index contributed by atoms with van der Waals surface area (Å²) in [6, 6.07) is 7.77. The van der Waals surface area contributed by atoms with Crippen LogP contribution < -0.4 is 0 Å². The molecule has 0 N–H and O–H groups in total. The summed E-state index contributed by atoms with van der Waals surface area (Å²) in [5.74, 6) is -0.0142. The Kier molecular flexibility index (Phi) is 3.95. The first-order valence-electron chi connectivity index (χ1n) is 8.92. The van der Waals surface area contributed by atoms with E-state index in [0.717, 1.165) is 28.6 Å². The Bertz CT molecular complexity index is 911. The number of amides is 2. The van der Waals surface area contributed by atoms with Crippen LogP contribution >= 0.6 is 0 Å². The fourth-order valence-electron chi connectivity index (χ4n) is 4.04. The molecular formula is C20H23N3O3.